The first-order chi connectivity index (χ1) is 5.83. The Morgan fingerprint density at radius 3 is 2.75 bits per heavy atom. The third kappa shape index (κ3) is 3.30. The zero-order valence-electron chi connectivity index (χ0n) is 7.37. The van der Waals surface area contributed by atoms with Crippen molar-refractivity contribution in [1.29, 1.82) is 0 Å². The number of piperazine rings is 1. The summed E-state index contributed by atoms with van der Waals surface area (Å²) in [6, 6.07) is 0. The minimum atomic E-state index is -0.583. The molecule has 70 valence electrons. The molecular formula is C8H17N3O. The molecular weight excluding hydrogens is 154 g/mol. The zero-order chi connectivity index (χ0) is 8.81. The van der Waals surface area contributed by atoms with Gasteiger partial charge >= 0.3 is 0 Å². The highest BCUT2D eigenvalue weighted by molar-refractivity contribution is 5.23. The summed E-state index contributed by atoms with van der Waals surface area (Å²) in [5, 5.41) is 12.4. The maximum Gasteiger partial charge on any atom is 0.145 e. The number of hydrogen-bond donors (Lipinski definition) is 2. The summed E-state index contributed by atoms with van der Waals surface area (Å²) in [5.41, 5.74) is 0. The molecule has 0 bridgehead atoms. The van der Waals surface area contributed by atoms with Crippen LogP contribution in [0.4, 0.5) is 0 Å². The van der Waals surface area contributed by atoms with Gasteiger partial charge in [-0.15, -0.1) is 0 Å². The SMILES string of the molecule is C=NC(O)CCN1CCNCC1. The van der Waals surface area contributed by atoms with Crippen LogP contribution in [-0.2, 0) is 0 Å². The van der Waals surface area contributed by atoms with E-state index in [0.29, 0.717) is 6.42 Å². The van der Waals surface area contributed by atoms with Crippen molar-refractivity contribution in [3.63, 3.8) is 0 Å². The van der Waals surface area contributed by atoms with E-state index in [9.17, 15) is 0 Å². The van der Waals surface area contributed by atoms with Crippen LogP contribution in [0.25, 0.3) is 0 Å². The topological polar surface area (TPSA) is 47.9 Å². The van der Waals surface area contributed by atoms with E-state index in [-0.39, 0.29) is 0 Å². The number of nitrogens with one attached hydrogen (secondary N) is 1. The smallest absolute Gasteiger partial charge is 0.145 e. The van der Waals surface area contributed by atoms with Crippen LogP contribution in [0.2, 0.25) is 0 Å². The molecule has 0 aromatic rings. The molecule has 4 heteroatoms. The van der Waals surface area contributed by atoms with Gasteiger partial charge < -0.3 is 15.3 Å². The van der Waals surface area contributed by atoms with Crippen LogP contribution in [0.15, 0.2) is 4.99 Å². The fourth-order valence-electron chi connectivity index (χ4n) is 1.32. The van der Waals surface area contributed by atoms with E-state index in [1.807, 2.05) is 0 Å². The average Bonchev–Trinajstić information content (AvgIpc) is 2.16. The third-order valence-electron chi connectivity index (χ3n) is 2.12. The van der Waals surface area contributed by atoms with Crippen LogP contribution >= 0.6 is 0 Å². The Kier molecular flexibility index (Phi) is 4.21. The lowest BCUT2D eigenvalue weighted by Crippen LogP contribution is -2.44. The van der Waals surface area contributed by atoms with Crippen LogP contribution in [0.3, 0.4) is 0 Å². The van der Waals surface area contributed by atoms with Crippen LogP contribution in [-0.4, -0.2) is 55.7 Å². The summed E-state index contributed by atoms with van der Waals surface area (Å²) in [6.45, 7) is 8.46. The maximum atomic E-state index is 9.12. The van der Waals surface area contributed by atoms with Crippen molar-refractivity contribution in [3.05, 3.63) is 0 Å². The monoisotopic (exact) mass is 171 g/mol. The van der Waals surface area contributed by atoms with Crippen LogP contribution in [0.1, 0.15) is 6.42 Å². The highest BCUT2D eigenvalue weighted by Gasteiger charge is 2.10. The lowest BCUT2D eigenvalue weighted by Gasteiger charge is -2.27. The van der Waals surface area contributed by atoms with Crippen LogP contribution < -0.4 is 5.32 Å². The molecule has 0 aliphatic carbocycles. The quantitative estimate of drug-likeness (QED) is 0.550. The molecule has 12 heavy (non-hydrogen) atoms. The number of hydrogen-bond acceptors (Lipinski definition) is 4. The lowest BCUT2D eigenvalue weighted by atomic mass is 10.3. The van der Waals surface area contributed by atoms with E-state index < -0.39 is 6.23 Å². The standard InChI is InChI=1S/C8H17N3O/c1-9-8(12)2-5-11-6-3-10-4-7-11/h8,10,12H,1-7H2. The molecule has 1 rings (SSSR count). The average molecular weight is 171 g/mol. The van der Waals surface area contributed by atoms with Crippen molar-refractivity contribution >= 4 is 6.72 Å². The second-order valence-electron chi connectivity index (χ2n) is 3.04. The van der Waals surface area contributed by atoms with Crippen molar-refractivity contribution in [2.75, 3.05) is 32.7 Å². The molecule has 0 radical (unpaired) electrons. The molecule has 0 saturated carbocycles. The highest BCUT2D eigenvalue weighted by Crippen LogP contribution is 1.98. The van der Waals surface area contributed by atoms with Gasteiger partial charge in [-0.05, 0) is 6.72 Å². The molecule has 1 fully saturated rings. The minimum absolute atomic E-state index is 0.583. The van der Waals surface area contributed by atoms with Gasteiger partial charge in [0.15, 0.2) is 0 Å². The zero-order valence-corrected chi connectivity index (χ0v) is 7.37. The fourth-order valence-corrected chi connectivity index (χ4v) is 1.32. The van der Waals surface area contributed by atoms with E-state index in [1.54, 1.807) is 0 Å². The van der Waals surface area contributed by atoms with Crippen LogP contribution in [0, 0.1) is 0 Å². The van der Waals surface area contributed by atoms with E-state index >= 15 is 0 Å². The highest BCUT2D eigenvalue weighted by atomic mass is 16.3. The van der Waals surface area contributed by atoms with Gasteiger partial charge in [-0.3, -0.25) is 4.99 Å². The van der Waals surface area contributed by atoms with E-state index in [1.165, 1.54) is 0 Å². The summed E-state index contributed by atoms with van der Waals surface area (Å²) in [7, 11) is 0. The molecule has 0 spiro atoms. The van der Waals surface area contributed by atoms with Gasteiger partial charge in [0.25, 0.3) is 0 Å². The fraction of sp³-hybridized carbons (Fsp3) is 0.875. The second kappa shape index (κ2) is 5.24. The van der Waals surface area contributed by atoms with E-state index in [2.05, 4.69) is 21.9 Å². The van der Waals surface area contributed by atoms with Crippen molar-refractivity contribution in [2.24, 2.45) is 4.99 Å². The summed E-state index contributed by atoms with van der Waals surface area (Å²) in [4.78, 5) is 5.86. The number of aliphatic imine (C=N–C) groups is 1. The normalized spacial score (nSPS) is 22.1. The number of nitrogens with zero attached hydrogens (tertiary/aromatic N) is 2. The number of rotatable bonds is 4. The van der Waals surface area contributed by atoms with Gasteiger partial charge in [0, 0.05) is 39.1 Å². The van der Waals surface area contributed by atoms with Gasteiger partial charge in [0.05, 0.1) is 0 Å². The van der Waals surface area contributed by atoms with E-state index in [0.717, 1.165) is 32.7 Å². The number of aliphatic hydroxyl groups excluding tert-OH is 1. The molecule has 1 aliphatic heterocycles. The molecule has 1 atom stereocenters. The van der Waals surface area contributed by atoms with Crippen LogP contribution in [0.5, 0.6) is 0 Å². The summed E-state index contributed by atoms with van der Waals surface area (Å²) in [5.74, 6) is 0. The van der Waals surface area contributed by atoms with Gasteiger partial charge in [-0.1, -0.05) is 0 Å². The Labute approximate surface area is 73.3 Å². The number of aliphatic hydroxyl groups is 1. The first-order valence-electron chi connectivity index (χ1n) is 4.40. The van der Waals surface area contributed by atoms with Crippen molar-refractivity contribution < 1.29 is 5.11 Å². The van der Waals surface area contributed by atoms with Gasteiger partial charge in [0.1, 0.15) is 6.23 Å². The molecule has 0 aromatic carbocycles. The minimum Gasteiger partial charge on any atom is -0.372 e. The van der Waals surface area contributed by atoms with Gasteiger partial charge in [-0.25, -0.2) is 0 Å². The molecule has 1 aliphatic rings. The summed E-state index contributed by atoms with van der Waals surface area (Å²) < 4.78 is 0. The first-order valence-corrected chi connectivity index (χ1v) is 4.40. The molecule has 0 aromatic heterocycles. The van der Waals surface area contributed by atoms with Crippen molar-refractivity contribution in [1.82, 2.24) is 10.2 Å². The Hall–Kier alpha value is -0.450. The largest absolute Gasteiger partial charge is 0.372 e. The molecule has 1 heterocycles. The van der Waals surface area contributed by atoms with E-state index in [4.69, 9.17) is 5.11 Å². The van der Waals surface area contributed by atoms with Crippen molar-refractivity contribution in [3.8, 4) is 0 Å². The predicted molar refractivity (Wildman–Crippen MR) is 49.5 cm³/mol. The van der Waals surface area contributed by atoms with Crippen molar-refractivity contribution in [2.45, 2.75) is 12.6 Å². The molecule has 1 unspecified atom stereocenters. The third-order valence-corrected chi connectivity index (χ3v) is 2.12. The summed E-state index contributed by atoms with van der Waals surface area (Å²) in [6.07, 6.45) is 0.114. The Balaban J connectivity index is 2.08. The van der Waals surface area contributed by atoms with Gasteiger partial charge in [-0.2, -0.15) is 0 Å². The van der Waals surface area contributed by atoms with Gasteiger partial charge in [0.2, 0.25) is 0 Å². The Morgan fingerprint density at radius 2 is 2.17 bits per heavy atom. The first kappa shape index (κ1) is 9.64. The second-order valence-corrected chi connectivity index (χ2v) is 3.04. The Morgan fingerprint density at radius 1 is 1.50 bits per heavy atom. The predicted octanol–water partition coefficient (Wildman–Crippen LogP) is -0.699. The summed E-state index contributed by atoms with van der Waals surface area (Å²) >= 11 is 0. The molecule has 4 nitrogen and oxygen atoms in total. The maximum absolute atomic E-state index is 9.12. The molecule has 1 saturated heterocycles. The molecule has 2 N–H and O–H groups in total. The lowest BCUT2D eigenvalue weighted by molar-refractivity contribution is 0.143. The molecule has 0 amide bonds. The Bertz CT molecular complexity index is 134.